The number of nitrogens with zero attached hydrogens (tertiary/aromatic N) is 1. The monoisotopic (exact) mass is 347 g/mol. The zero-order valence-electron chi connectivity index (χ0n) is 10.2. The molecule has 0 radical (unpaired) electrons. The summed E-state index contributed by atoms with van der Waals surface area (Å²) in [7, 11) is 0. The molecule has 2 aromatic rings. The van der Waals surface area contributed by atoms with Gasteiger partial charge in [0.2, 0.25) is 0 Å². The smallest absolute Gasteiger partial charge is 0.267 e. The summed E-state index contributed by atoms with van der Waals surface area (Å²) in [6.45, 7) is 0. The topological polar surface area (TPSA) is 29.4 Å². The molecule has 1 aromatic carbocycles. The summed E-state index contributed by atoms with van der Waals surface area (Å²) in [5.41, 5.74) is 0.428. The maximum atomic E-state index is 13.8. The van der Waals surface area contributed by atoms with Gasteiger partial charge >= 0.3 is 0 Å². The molecule has 104 valence electrons. The summed E-state index contributed by atoms with van der Waals surface area (Å²) in [4.78, 5) is 16.0. The number of thioether (sulfide) groups is 1. The summed E-state index contributed by atoms with van der Waals surface area (Å²) in [5, 5.41) is 4.01. The molecule has 0 bridgehead atoms. The number of hydrogen-bond acceptors (Lipinski definition) is 3. The number of aliphatic imine (C=N–C) groups is 1. The van der Waals surface area contributed by atoms with E-state index < -0.39 is 11.7 Å². The lowest BCUT2D eigenvalue weighted by atomic mass is 10.2. The highest BCUT2D eigenvalue weighted by atomic mass is 35.5. The van der Waals surface area contributed by atoms with Crippen LogP contribution in [0.5, 0.6) is 0 Å². The molecule has 0 unspecified atom stereocenters. The number of carbonyl (C=O) groups is 1. The first kappa shape index (κ1) is 15.5. The molecule has 1 aromatic heterocycles. The van der Waals surface area contributed by atoms with Crippen LogP contribution in [0.1, 0.15) is 15.9 Å². The van der Waals surface area contributed by atoms with Gasteiger partial charge in [0, 0.05) is 10.8 Å². The zero-order valence-corrected chi connectivity index (χ0v) is 13.3. The van der Waals surface area contributed by atoms with Gasteiger partial charge in [-0.25, -0.2) is 9.38 Å². The average Bonchev–Trinajstić information content (AvgIpc) is 2.83. The van der Waals surface area contributed by atoms with Gasteiger partial charge in [-0.2, -0.15) is 0 Å². The van der Waals surface area contributed by atoms with E-state index in [1.54, 1.807) is 23.1 Å². The van der Waals surface area contributed by atoms with Gasteiger partial charge in [-0.15, -0.1) is 23.1 Å². The third-order valence-electron chi connectivity index (χ3n) is 2.42. The lowest BCUT2D eigenvalue weighted by molar-refractivity contribution is 0.100. The van der Waals surface area contributed by atoms with Crippen molar-refractivity contribution < 1.29 is 9.18 Å². The van der Waals surface area contributed by atoms with E-state index in [0.717, 1.165) is 11.8 Å². The lowest BCUT2D eigenvalue weighted by Gasteiger charge is -2.06. The number of carbonyl (C=O) groups excluding carboxylic acids is 1. The minimum Gasteiger partial charge on any atom is -0.267 e. The van der Waals surface area contributed by atoms with E-state index in [-0.39, 0.29) is 15.6 Å². The molecule has 0 spiro atoms. The summed E-state index contributed by atoms with van der Waals surface area (Å²) in [6.07, 6.45) is 1.70. The van der Waals surface area contributed by atoms with Gasteiger partial charge in [-0.05, 0) is 18.4 Å². The van der Waals surface area contributed by atoms with Crippen molar-refractivity contribution in [3.8, 4) is 0 Å². The zero-order chi connectivity index (χ0) is 14.7. The van der Waals surface area contributed by atoms with Crippen molar-refractivity contribution in [1.29, 1.82) is 0 Å². The number of amides is 1. The Balaban J connectivity index is 2.45. The van der Waals surface area contributed by atoms with E-state index >= 15 is 0 Å². The molecular weight excluding hydrogens is 340 g/mol. The Labute approximate surface area is 133 Å². The summed E-state index contributed by atoms with van der Waals surface area (Å²) < 4.78 is 13.8. The molecule has 2 rings (SSSR count). The molecule has 0 aliphatic carbocycles. The number of rotatable bonds is 2. The first-order chi connectivity index (χ1) is 9.54. The predicted octanol–water partition coefficient (Wildman–Crippen LogP) is 5.14. The molecule has 0 N–H and O–H groups in total. The van der Waals surface area contributed by atoms with E-state index in [2.05, 4.69) is 4.99 Å². The van der Waals surface area contributed by atoms with E-state index in [9.17, 15) is 9.18 Å². The lowest BCUT2D eigenvalue weighted by Crippen LogP contribution is -2.05. The van der Waals surface area contributed by atoms with Gasteiger partial charge in [-0.1, -0.05) is 29.3 Å². The molecule has 20 heavy (non-hydrogen) atoms. The largest absolute Gasteiger partial charge is 0.280 e. The van der Waals surface area contributed by atoms with Crippen LogP contribution in [0.25, 0.3) is 0 Å². The van der Waals surface area contributed by atoms with Crippen LogP contribution in [0.15, 0.2) is 34.0 Å². The van der Waals surface area contributed by atoms with Gasteiger partial charge in [0.25, 0.3) is 5.91 Å². The third-order valence-corrected chi connectivity index (χ3v) is 4.60. The Bertz CT molecular complexity index is 665. The molecule has 1 heterocycles. The van der Waals surface area contributed by atoms with E-state index in [4.69, 9.17) is 23.2 Å². The number of halogens is 3. The first-order valence-corrected chi connectivity index (χ1v) is 8.30. The van der Waals surface area contributed by atoms with Crippen molar-refractivity contribution >= 4 is 57.3 Å². The normalized spacial score (nSPS) is 11.7. The first-order valence-electron chi connectivity index (χ1n) is 5.37. The van der Waals surface area contributed by atoms with Gasteiger partial charge < -0.3 is 0 Å². The molecule has 1 amide bonds. The van der Waals surface area contributed by atoms with Gasteiger partial charge in [0.05, 0.1) is 21.2 Å². The van der Waals surface area contributed by atoms with Crippen LogP contribution in [0.3, 0.4) is 0 Å². The highest BCUT2D eigenvalue weighted by Gasteiger charge is 2.17. The fourth-order valence-corrected chi connectivity index (χ4v) is 3.42. The summed E-state index contributed by atoms with van der Waals surface area (Å²) in [6, 6.07) is 4.32. The maximum absolute atomic E-state index is 13.8. The molecule has 0 atom stereocenters. The molecule has 2 nitrogen and oxygen atoms in total. The van der Waals surface area contributed by atoms with Crippen LogP contribution < -0.4 is 0 Å². The fraction of sp³-hybridized carbons (Fsp3) is 0.0769. The highest BCUT2D eigenvalue weighted by Crippen LogP contribution is 2.26. The molecule has 0 aliphatic rings. The van der Waals surface area contributed by atoms with Crippen LogP contribution in [0, 0.1) is 5.82 Å². The van der Waals surface area contributed by atoms with E-state index in [0.29, 0.717) is 10.6 Å². The van der Waals surface area contributed by atoms with Gasteiger partial charge in [0.1, 0.15) is 10.9 Å². The summed E-state index contributed by atoms with van der Waals surface area (Å²) >= 11 is 14.3. The van der Waals surface area contributed by atoms with Crippen LogP contribution in [-0.2, 0) is 0 Å². The molecule has 0 fully saturated rings. The average molecular weight is 348 g/mol. The molecule has 7 heteroatoms. The molecule has 0 aliphatic heterocycles. The number of thiophene rings is 1. The Morgan fingerprint density at radius 2 is 2.05 bits per heavy atom. The fourth-order valence-electron chi connectivity index (χ4n) is 1.49. The second-order valence-electron chi connectivity index (χ2n) is 3.66. The predicted molar refractivity (Wildman–Crippen MR) is 85.1 cm³/mol. The standard InChI is InChI=1S/C13H8Cl2FNOS2/c1-19-13(11-8(14)3-2-4-10(11)16)17-12(18)7-5-20-6-9(7)15/h2-6H,1H3/b17-13-. The maximum Gasteiger partial charge on any atom is 0.280 e. The second-order valence-corrected chi connectivity index (χ2v) is 6.01. The SMILES string of the molecule is CS/C(=N\C(=O)c1cscc1Cl)c1c(F)cccc1Cl. The van der Waals surface area contributed by atoms with Crippen molar-refractivity contribution in [3.05, 3.63) is 55.9 Å². The van der Waals surface area contributed by atoms with Gasteiger partial charge in [0.15, 0.2) is 0 Å². The van der Waals surface area contributed by atoms with Crippen LogP contribution in [-0.4, -0.2) is 17.2 Å². The van der Waals surface area contributed by atoms with Crippen LogP contribution in [0.4, 0.5) is 4.39 Å². The number of benzene rings is 1. The molecule has 0 saturated carbocycles. The second kappa shape index (κ2) is 6.72. The van der Waals surface area contributed by atoms with E-state index in [1.165, 1.54) is 23.5 Å². The Morgan fingerprint density at radius 1 is 1.30 bits per heavy atom. The highest BCUT2D eigenvalue weighted by molar-refractivity contribution is 8.13. The molecule has 0 saturated heterocycles. The number of hydrogen-bond donors (Lipinski definition) is 0. The Hall–Kier alpha value is -0.880. The molecular formula is C13H8Cl2FNOS2. The quantitative estimate of drug-likeness (QED) is 0.555. The van der Waals surface area contributed by atoms with Crippen molar-refractivity contribution in [2.45, 2.75) is 0 Å². The van der Waals surface area contributed by atoms with Gasteiger partial charge in [-0.3, -0.25) is 4.79 Å². The summed E-state index contributed by atoms with van der Waals surface area (Å²) in [5.74, 6) is -1.03. The Kier molecular flexibility index (Phi) is 5.21. The van der Waals surface area contributed by atoms with E-state index in [1.807, 2.05) is 0 Å². The minimum atomic E-state index is -0.519. The van der Waals surface area contributed by atoms with Crippen LogP contribution in [0.2, 0.25) is 10.0 Å². The minimum absolute atomic E-state index is 0.126. The van der Waals surface area contributed by atoms with Crippen LogP contribution >= 0.6 is 46.3 Å². The van der Waals surface area contributed by atoms with Crippen molar-refractivity contribution in [3.63, 3.8) is 0 Å². The van der Waals surface area contributed by atoms with Crippen molar-refractivity contribution in [1.82, 2.24) is 0 Å². The Morgan fingerprint density at radius 3 is 2.60 bits per heavy atom. The van der Waals surface area contributed by atoms with Crippen molar-refractivity contribution in [2.24, 2.45) is 4.99 Å². The van der Waals surface area contributed by atoms with Crippen molar-refractivity contribution in [2.75, 3.05) is 6.26 Å². The third kappa shape index (κ3) is 3.23.